The van der Waals surface area contributed by atoms with Gasteiger partial charge in [-0.2, -0.15) is 0 Å². The first-order valence-electron chi connectivity index (χ1n) is 10.6. The van der Waals surface area contributed by atoms with E-state index in [9.17, 15) is 9.90 Å². The van der Waals surface area contributed by atoms with Crippen molar-refractivity contribution in [2.45, 2.75) is 38.8 Å². The van der Waals surface area contributed by atoms with Crippen molar-refractivity contribution in [3.63, 3.8) is 0 Å². The normalized spacial score (nSPS) is 21.0. The first-order valence-corrected chi connectivity index (χ1v) is 10.6. The van der Waals surface area contributed by atoms with E-state index >= 15 is 0 Å². The molecule has 0 radical (unpaired) electrons. The Balaban J connectivity index is 1.57. The lowest BCUT2D eigenvalue weighted by Gasteiger charge is -2.31. The maximum atomic E-state index is 13.3. The van der Waals surface area contributed by atoms with E-state index in [-0.39, 0.29) is 11.2 Å². The van der Waals surface area contributed by atoms with Gasteiger partial charge in [0, 0.05) is 5.56 Å². The van der Waals surface area contributed by atoms with E-state index in [1.807, 2.05) is 6.07 Å². The van der Waals surface area contributed by atoms with Crippen molar-refractivity contribution in [3.05, 3.63) is 52.4 Å². The van der Waals surface area contributed by atoms with Crippen molar-refractivity contribution in [2.24, 2.45) is 0 Å². The quantitative estimate of drug-likeness (QED) is 0.721. The molecule has 3 heterocycles. The summed E-state index contributed by atoms with van der Waals surface area (Å²) >= 11 is 0. The van der Waals surface area contributed by atoms with E-state index < -0.39 is 0 Å². The van der Waals surface area contributed by atoms with Crippen LogP contribution in [0.1, 0.15) is 31.7 Å². The Morgan fingerprint density at radius 3 is 2.77 bits per heavy atom. The summed E-state index contributed by atoms with van der Waals surface area (Å²) in [6.45, 7) is 4.85. The van der Waals surface area contributed by atoms with Gasteiger partial charge in [-0.3, -0.25) is 4.79 Å². The van der Waals surface area contributed by atoms with Crippen LogP contribution in [-0.2, 0) is 6.54 Å². The fourth-order valence-electron chi connectivity index (χ4n) is 4.56. The number of likely N-dealkylation sites (tertiary alicyclic amines) is 1. The minimum atomic E-state index is -0.143. The molecule has 156 valence electrons. The van der Waals surface area contributed by atoms with Crippen LogP contribution in [0.15, 0.2) is 45.8 Å². The molecule has 6 nitrogen and oxygen atoms in total. The highest BCUT2D eigenvalue weighted by Crippen LogP contribution is 2.34. The molecule has 1 aromatic heterocycles. The zero-order valence-corrected chi connectivity index (χ0v) is 17.0. The summed E-state index contributed by atoms with van der Waals surface area (Å²) in [5.74, 6) is 1.23. The van der Waals surface area contributed by atoms with Crippen LogP contribution in [0.3, 0.4) is 0 Å². The van der Waals surface area contributed by atoms with Crippen molar-refractivity contribution in [3.8, 4) is 28.4 Å². The molecule has 2 atom stereocenters. The highest BCUT2D eigenvalue weighted by molar-refractivity contribution is 5.85. The number of hydrogen-bond donors (Lipinski definition) is 1. The number of nitrogens with one attached hydrogen (secondary N) is 1. The van der Waals surface area contributed by atoms with Gasteiger partial charge >= 0.3 is 0 Å². The summed E-state index contributed by atoms with van der Waals surface area (Å²) in [4.78, 5) is 14.7. The third-order valence-electron chi connectivity index (χ3n) is 6.34. The van der Waals surface area contributed by atoms with Crippen LogP contribution >= 0.6 is 0 Å². The zero-order valence-electron chi connectivity index (χ0n) is 17.0. The van der Waals surface area contributed by atoms with Gasteiger partial charge in [0.25, 0.3) is 0 Å². The second-order valence-corrected chi connectivity index (χ2v) is 8.24. The molecule has 1 fully saturated rings. The molecular weight excluding hydrogens is 382 g/mol. The van der Waals surface area contributed by atoms with Gasteiger partial charge in [0.2, 0.25) is 5.43 Å². The molecule has 5 rings (SSSR count). The third-order valence-corrected chi connectivity index (χ3v) is 6.34. The largest absolute Gasteiger partial charge is 0.872 e. The standard InChI is InChI=1S/C24H25NO5/c1-15-4-2-3-9-25(15)13-18-20(26)7-6-17-23(27)19(14-30-24(17)18)16-5-8-21-22(12-16)29-11-10-28-21/h5-8,12,14-15,26H,2-4,9-11,13H2,1H3. The lowest BCUT2D eigenvalue weighted by molar-refractivity contribution is -0.941. The number of benzene rings is 2. The number of hydrogen-bond acceptors (Lipinski definition) is 5. The summed E-state index contributed by atoms with van der Waals surface area (Å²) < 4.78 is 17.1. The number of rotatable bonds is 3. The summed E-state index contributed by atoms with van der Waals surface area (Å²) in [6.07, 6.45) is 5.02. The second-order valence-electron chi connectivity index (χ2n) is 8.24. The van der Waals surface area contributed by atoms with Crippen LogP contribution in [0.5, 0.6) is 17.2 Å². The number of quaternary nitrogens is 1. The summed E-state index contributed by atoms with van der Waals surface area (Å²) in [6, 6.07) is 9.01. The van der Waals surface area contributed by atoms with Crippen LogP contribution < -0.4 is 24.9 Å². The Hall–Kier alpha value is -2.99. The molecular formula is C24H25NO5. The summed E-state index contributed by atoms with van der Waals surface area (Å²) in [7, 11) is 0. The molecule has 2 aliphatic rings. The lowest BCUT2D eigenvalue weighted by Crippen LogP contribution is -3.14. The average Bonchev–Trinajstić information content (AvgIpc) is 2.77. The highest BCUT2D eigenvalue weighted by atomic mass is 16.6. The smallest absolute Gasteiger partial charge is 0.200 e. The molecule has 2 aliphatic heterocycles. The van der Waals surface area contributed by atoms with Gasteiger partial charge in [0.15, 0.2) is 11.5 Å². The van der Waals surface area contributed by atoms with Crippen LogP contribution in [0.4, 0.5) is 0 Å². The molecule has 6 heteroatoms. The van der Waals surface area contributed by atoms with Gasteiger partial charge in [-0.1, -0.05) is 17.9 Å². The van der Waals surface area contributed by atoms with Gasteiger partial charge in [-0.15, -0.1) is 0 Å². The fourth-order valence-corrected chi connectivity index (χ4v) is 4.56. The lowest BCUT2D eigenvalue weighted by atomic mass is 10.0. The zero-order chi connectivity index (χ0) is 20.7. The van der Waals surface area contributed by atoms with Gasteiger partial charge in [0.1, 0.15) is 31.6 Å². The molecule has 0 bridgehead atoms. The predicted molar refractivity (Wildman–Crippen MR) is 111 cm³/mol. The minimum absolute atomic E-state index is 0.0667. The Morgan fingerprint density at radius 2 is 1.93 bits per heavy atom. The molecule has 1 N–H and O–H groups in total. The topological polar surface area (TPSA) is 76.2 Å². The van der Waals surface area contributed by atoms with E-state index in [2.05, 4.69) is 6.92 Å². The summed E-state index contributed by atoms with van der Waals surface area (Å²) in [5, 5.41) is 13.1. The minimum Gasteiger partial charge on any atom is -0.872 e. The molecule has 0 aliphatic carbocycles. The SMILES string of the molecule is CC1CCCC[NH+]1Cc1c([O-])ccc2c(=O)c(-c3ccc4c(c3)OCCO4)coc12. The summed E-state index contributed by atoms with van der Waals surface area (Å²) in [5.41, 5.74) is 2.03. The van der Waals surface area contributed by atoms with Crippen molar-refractivity contribution >= 4 is 11.0 Å². The monoisotopic (exact) mass is 407 g/mol. The number of fused-ring (bicyclic) bond motifs is 2. The highest BCUT2D eigenvalue weighted by Gasteiger charge is 2.24. The van der Waals surface area contributed by atoms with Crippen molar-refractivity contribution in [1.82, 2.24) is 0 Å². The maximum Gasteiger partial charge on any atom is 0.200 e. The molecule has 30 heavy (non-hydrogen) atoms. The van der Waals surface area contributed by atoms with E-state index in [0.717, 1.165) is 19.4 Å². The van der Waals surface area contributed by atoms with Crippen molar-refractivity contribution in [1.29, 1.82) is 0 Å². The fraction of sp³-hybridized carbons (Fsp3) is 0.375. The first kappa shape index (κ1) is 19.0. The molecule has 2 aromatic carbocycles. The molecule has 3 aromatic rings. The van der Waals surface area contributed by atoms with Gasteiger partial charge in [-0.05, 0) is 49.9 Å². The van der Waals surface area contributed by atoms with Crippen LogP contribution in [-0.4, -0.2) is 25.8 Å². The van der Waals surface area contributed by atoms with Crippen LogP contribution in [0.25, 0.3) is 22.1 Å². The second kappa shape index (κ2) is 7.69. The molecule has 2 unspecified atom stereocenters. The third kappa shape index (κ3) is 3.31. The Bertz CT molecular complexity index is 1150. The van der Waals surface area contributed by atoms with Crippen molar-refractivity contribution in [2.75, 3.05) is 19.8 Å². The van der Waals surface area contributed by atoms with Crippen LogP contribution in [0, 0.1) is 0 Å². The molecule has 0 saturated carbocycles. The molecule has 0 amide bonds. The van der Waals surface area contributed by atoms with E-state index in [0.29, 0.717) is 65.0 Å². The van der Waals surface area contributed by atoms with Crippen LogP contribution in [0.2, 0.25) is 0 Å². The Morgan fingerprint density at radius 1 is 1.10 bits per heavy atom. The first-order chi connectivity index (χ1) is 14.6. The molecule has 0 spiro atoms. The van der Waals surface area contributed by atoms with Gasteiger partial charge in [0.05, 0.1) is 23.5 Å². The number of ether oxygens (including phenoxy) is 2. The Labute approximate surface area is 174 Å². The Kier molecular flexibility index (Phi) is 4.87. The predicted octanol–water partition coefficient (Wildman–Crippen LogP) is 2.26. The van der Waals surface area contributed by atoms with E-state index in [1.165, 1.54) is 23.7 Å². The average molecular weight is 407 g/mol. The van der Waals surface area contributed by atoms with Crippen molar-refractivity contribution < 1.29 is 23.9 Å². The van der Waals surface area contributed by atoms with E-state index in [4.69, 9.17) is 13.9 Å². The number of piperidine rings is 1. The van der Waals surface area contributed by atoms with Gasteiger partial charge in [-0.25, -0.2) is 0 Å². The molecule has 1 saturated heterocycles. The van der Waals surface area contributed by atoms with Gasteiger partial charge < -0.3 is 23.9 Å². The van der Waals surface area contributed by atoms with E-state index in [1.54, 1.807) is 18.2 Å². The maximum absolute atomic E-state index is 13.3.